The molecule has 0 aromatic heterocycles. The molecular weight excluding hydrogens is 356 g/mol. The molecule has 0 aromatic rings. The number of aliphatic hydroxyl groups excluding tert-OH is 1. The maximum Gasteiger partial charge on any atom is 0.0647 e. The summed E-state index contributed by atoms with van der Waals surface area (Å²) in [7, 11) is 0. The third kappa shape index (κ3) is 5.29. The normalized spacial score (nSPS) is 40.5. The van der Waals surface area contributed by atoms with Gasteiger partial charge in [-0.3, -0.25) is 0 Å². The van der Waals surface area contributed by atoms with E-state index in [9.17, 15) is 10.2 Å². The molecule has 2 saturated carbocycles. The van der Waals surface area contributed by atoms with Gasteiger partial charge in [0.05, 0.1) is 11.7 Å². The third-order valence-corrected chi connectivity index (χ3v) is 9.34. The van der Waals surface area contributed by atoms with Gasteiger partial charge < -0.3 is 10.2 Å². The molecule has 0 aromatic carbocycles. The molecule has 0 amide bonds. The van der Waals surface area contributed by atoms with Crippen LogP contribution in [0.5, 0.6) is 0 Å². The van der Waals surface area contributed by atoms with Crippen molar-refractivity contribution < 1.29 is 10.2 Å². The molecule has 29 heavy (non-hydrogen) atoms. The summed E-state index contributed by atoms with van der Waals surface area (Å²) in [5, 5.41) is 21.5. The number of allylic oxidation sites excluding steroid dienone is 1. The first-order chi connectivity index (χ1) is 13.8. The fraction of sp³-hybridized carbons (Fsp3) is 0.926. The molecule has 0 aliphatic heterocycles. The third-order valence-electron chi connectivity index (χ3n) is 9.34. The predicted octanol–water partition coefficient (Wildman–Crippen LogP) is 7.04. The van der Waals surface area contributed by atoms with Crippen LogP contribution in [0.2, 0.25) is 0 Å². The Morgan fingerprint density at radius 1 is 1.10 bits per heavy atom. The van der Waals surface area contributed by atoms with Crippen molar-refractivity contribution in [2.45, 2.75) is 129 Å². The van der Waals surface area contributed by atoms with Gasteiger partial charge in [0.1, 0.15) is 0 Å². The van der Waals surface area contributed by atoms with Gasteiger partial charge in [-0.15, -0.1) is 0 Å². The minimum atomic E-state index is -0.495. The molecule has 4 unspecified atom stereocenters. The molecule has 0 radical (unpaired) electrons. The topological polar surface area (TPSA) is 40.5 Å². The Morgan fingerprint density at radius 2 is 1.90 bits per heavy atom. The molecule has 3 rings (SSSR count). The lowest BCUT2D eigenvalue weighted by Gasteiger charge is -2.52. The van der Waals surface area contributed by atoms with Gasteiger partial charge >= 0.3 is 0 Å². The van der Waals surface area contributed by atoms with Crippen molar-refractivity contribution in [2.24, 2.45) is 29.1 Å². The van der Waals surface area contributed by atoms with Gasteiger partial charge in [-0.2, -0.15) is 0 Å². The van der Waals surface area contributed by atoms with Crippen molar-refractivity contribution in [1.82, 2.24) is 0 Å². The Labute approximate surface area is 180 Å². The SMILES string of the molecule is CCCCCC[C@](C)(O)C1CCCC2C(CC=C3C[C@@H](O)CC[C@@]32C)C(C)CC1. The molecule has 2 heteroatoms. The molecule has 2 N–H and O–H groups in total. The van der Waals surface area contributed by atoms with Crippen molar-refractivity contribution in [3.8, 4) is 0 Å². The van der Waals surface area contributed by atoms with Gasteiger partial charge in [-0.25, -0.2) is 0 Å². The van der Waals surface area contributed by atoms with E-state index >= 15 is 0 Å². The molecule has 168 valence electrons. The fourth-order valence-electron chi connectivity index (χ4n) is 7.18. The van der Waals surface area contributed by atoms with E-state index < -0.39 is 5.60 Å². The lowest BCUT2D eigenvalue weighted by Crippen LogP contribution is -2.43. The van der Waals surface area contributed by atoms with Crippen LogP contribution in [-0.2, 0) is 0 Å². The van der Waals surface area contributed by atoms with Crippen LogP contribution in [0.3, 0.4) is 0 Å². The quantitative estimate of drug-likeness (QED) is 0.368. The van der Waals surface area contributed by atoms with Crippen LogP contribution in [0.25, 0.3) is 0 Å². The minimum absolute atomic E-state index is 0.119. The van der Waals surface area contributed by atoms with Gasteiger partial charge in [0.2, 0.25) is 0 Å². The van der Waals surface area contributed by atoms with Gasteiger partial charge in [-0.1, -0.05) is 70.9 Å². The summed E-state index contributed by atoms with van der Waals surface area (Å²) < 4.78 is 0. The molecule has 2 fully saturated rings. The molecule has 0 heterocycles. The van der Waals surface area contributed by atoms with Crippen molar-refractivity contribution in [1.29, 1.82) is 0 Å². The number of unbranched alkanes of at least 4 members (excludes halogenated alkanes) is 3. The Bertz CT molecular complexity index is 551. The molecule has 0 bridgehead atoms. The monoisotopic (exact) mass is 404 g/mol. The zero-order valence-corrected chi connectivity index (χ0v) is 19.8. The van der Waals surface area contributed by atoms with Crippen LogP contribution in [0, 0.1) is 29.1 Å². The standard InChI is InChI=1S/C27H48O2/c1-5-6-7-8-17-27(4,29)21-10-9-11-25-24(20(2)12-13-21)15-14-22-19-23(28)16-18-26(22,25)3/h14,20-21,23-25,28-29H,5-13,15-19H2,1-4H3/t20?,21?,23-,24?,25?,26-,27-/m0/s1. The first kappa shape index (κ1) is 23.3. The molecule has 2 nitrogen and oxygen atoms in total. The highest BCUT2D eigenvalue weighted by atomic mass is 16.3. The summed E-state index contributed by atoms with van der Waals surface area (Å²) in [6.45, 7) is 9.37. The molecule has 0 saturated heterocycles. The number of hydrogen-bond donors (Lipinski definition) is 2. The average molecular weight is 405 g/mol. The van der Waals surface area contributed by atoms with Gasteiger partial charge in [0.15, 0.2) is 0 Å². The summed E-state index contributed by atoms with van der Waals surface area (Å²) in [4.78, 5) is 0. The largest absolute Gasteiger partial charge is 0.393 e. The number of hydrogen-bond acceptors (Lipinski definition) is 2. The van der Waals surface area contributed by atoms with Crippen LogP contribution in [0.1, 0.15) is 118 Å². The van der Waals surface area contributed by atoms with Gasteiger partial charge in [-0.05, 0) is 87.4 Å². The van der Waals surface area contributed by atoms with E-state index in [1.54, 1.807) is 5.57 Å². The minimum Gasteiger partial charge on any atom is -0.393 e. The molecular formula is C27H48O2. The van der Waals surface area contributed by atoms with E-state index in [1.807, 2.05) is 0 Å². The predicted molar refractivity (Wildman–Crippen MR) is 123 cm³/mol. The lowest BCUT2D eigenvalue weighted by atomic mass is 9.54. The summed E-state index contributed by atoms with van der Waals surface area (Å²) in [5.41, 5.74) is 1.37. The van der Waals surface area contributed by atoms with Gasteiger partial charge in [0, 0.05) is 0 Å². The van der Waals surface area contributed by atoms with E-state index in [4.69, 9.17) is 0 Å². The number of aliphatic hydroxyl groups is 2. The van der Waals surface area contributed by atoms with Gasteiger partial charge in [0.25, 0.3) is 0 Å². The fourth-order valence-corrected chi connectivity index (χ4v) is 7.18. The molecule has 7 atom stereocenters. The van der Waals surface area contributed by atoms with E-state index in [0.717, 1.165) is 43.4 Å². The second-order valence-corrected chi connectivity index (χ2v) is 11.4. The molecule has 3 aliphatic carbocycles. The Morgan fingerprint density at radius 3 is 2.66 bits per heavy atom. The average Bonchev–Trinajstić information content (AvgIpc) is 2.76. The maximum atomic E-state index is 11.3. The van der Waals surface area contributed by atoms with Crippen LogP contribution < -0.4 is 0 Å². The first-order valence-corrected chi connectivity index (χ1v) is 12.9. The summed E-state index contributed by atoms with van der Waals surface area (Å²) in [6.07, 6.45) is 18.8. The zero-order chi connectivity index (χ0) is 21.1. The van der Waals surface area contributed by atoms with Crippen LogP contribution >= 0.6 is 0 Å². The van der Waals surface area contributed by atoms with Crippen LogP contribution in [-0.4, -0.2) is 21.9 Å². The highest BCUT2D eigenvalue weighted by Gasteiger charge is 2.48. The maximum absolute atomic E-state index is 11.3. The Kier molecular flexibility index (Phi) is 7.93. The smallest absolute Gasteiger partial charge is 0.0647 e. The first-order valence-electron chi connectivity index (χ1n) is 12.9. The second-order valence-electron chi connectivity index (χ2n) is 11.4. The van der Waals surface area contributed by atoms with Crippen molar-refractivity contribution >= 4 is 0 Å². The summed E-state index contributed by atoms with van der Waals surface area (Å²) >= 11 is 0. The Hall–Kier alpha value is -0.340. The second kappa shape index (κ2) is 9.86. The zero-order valence-electron chi connectivity index (χ0n) is 19.8. The highest BCUT2D eigenvalue weighted by Crippen LogP contribution is 2.56. The Balaban J connectivity index is 1.68. The van der Waals surface area contributed by atoms with Crippen molar-refractivity contribution in [3.05, 3.63) is 11.6 Å². The van der Waals surface area contributed by atoms with E-state index in [1.165, 1.54) is 64.2 Å². The number of fused-ring (bicyclic) bond motifs is 3. The van der Waals surface area contributed by atoms with Crippen molar-refractivity contribution in [3.63, 3.8) is 0 Å². The lowest BCUT2D eigenvalue weighted by molar-refractivity contribution is -0.0204. The molecule has 0 spiro atoms. The number of rotatable bonds is 6. The van der Waals surface area contributed by atoms with Crippen molar-refractivity contribution in [2.75, 3.05) is 0 Å². The van der Waals surface area contributed by atoms with E-state index in [-0.39, 0.29) is 6.10 Å². The van der Waals surface area contributed by atoms with E-state index in [0.29, 0.717) is 11.3 Å². The van der Waals surface area contributed by atoms with E-state index in [2.05, 4.69) is 33.8 Å². The molecule has 3 aliphatic rings. The highest BCUT2D eigenvalue weighted by molar-refractivity contribution is 5.23. The summed E-state index contributed by atoms with van der Waals surface area (Å²) in [5.74, 6) is 2.74. The van der Waals surface area contributed by atoms with Crippen LogP contribution in [0.4, 0.5) is 0 Å². The summed E-state index contributed by atoms with van der Waals surface area (Å²) in [6, 6.07) is 0. The van der Waals surface area contributed by atoms with Crippen LogP contribution in [0.15, 0.2) is 11.6 Å².